The van der Waals surface area contributed by atoms with E-state index >= 15 is 0 Å². The van der Waals surface area contributed by atoms with Crippen molar-refractivity contribution in [3.8, 4) is 0 Å². The molecule has 0 aliphatic rings. The Kier molecular flexibility index (Phi) is 6.26. The molecule has 0 spiro atoms. The molecule has 4 nitrogen and oxygen atoms in total. The number of nitrogens with one attached hydrogen (secondary N) is 1. The maximum Gasteiger partial charge on any atom is 0.265 e. The Morgan fingerprint density at radius 1 is 0.929 bits per heavy atom. The summed E-state index contributed by atoms with van der Waals surface area (Å²) in [7, 11) is -4.05. The maximum atomic E-state index is 13.2. The number of benzene rings is 3. The van der Waals surface area contributed by atoms with E-state index in [0.717, 1.165) is 5.56 Å². The number of carbonyl (C=O) groups is 1. The first-order valence-electron chi connectivity index (χ1n) is 8.47. The Labute approximate surface area is 171 Å². The van der Waals surface area contributed by atoms with Gasteiger partial charge in [0, 0.05) is 4.47 Å². The smallest absolute Gasteiger partial charge is 0.265 e. The standard InChI is InChI=1S/C21H17BrFNO3S/c22-19-8-4-5-9-20(19)28(26,27)24-21(25)18(16-6-2-1-3-7-16)14-15-10-12-17(23)13-11-15/h1-13,18H,14H2,(H,24,25). The molecule has 3 aromatic carbocycles. The van der Waals surface area contributed by atoms with E-state index in [-0.39, 0.29) is 17.1 Å². The molecule has 0 aliphatic heterocycles. The predicted molar refractivity (Wildman–Crippen MR) is 109 cm³/mol. The molecule has 0 saturated carbocycles. The first kappa shape index (κ1) is 20.2. The molecular weight excluding hydrogens is 445 g/mol. The third-order valence-electron chi connectivity index (χ3n) is 4.23. The van der Waals surface area contributed by atoms with Gasteiger partial charge >= 0.3 is 0 Å². The summed E-state index contributed by atoms with van der Waals surface area (Å²) >= 11 is 3.20. The highest BCUT2D eigenvalue weighted by molar-refractivity contribution is 9.10. The Morgan fingerprint density at radius 2 is 1.54 bits per heavy atom. The van der Waals surface area contributed by atoms with Gasteiger partial charge in [-0.25, -0.2) is 17.5 Å². The van der Waals surface area contributed by atoms with Gasteiger partial charge in [-0.05, 0) is 57.7 Å². The molecule has 0 aliphatic carbocycles. The molecule has 0 bridgehead atoms. The molecular formula is C21H17BrFNO3S. The lowest BCUT2D eigenvalue weighted by Crippen LogP contribution is -2.35. The van der Waals surface area contributed by atoms with Crippen molar-refractivity contribution >= 4 is 31.9 Å². The number of carbonyl (C=O) groups excluding carboxylic acids is 1. The number of hydrogen-bond acceptors (Lipinski definition) is 3. The van der Waals surface area contributed by atoms with Crippen LogP contribution in [-0.4, -0.2) is 14.3 Å². The minimum absolute atomic E-state index is 0.0167. The lowest BCUT2D eigenvalue weighted by molar-refractivity contribution is -0.120. The van der Waals surface area contributed by atoms with E-state index in [1.807, 2.05) is 6.07 Å². The van der Waals surface area contributed by atoms with Crippen LogP contribution in [0.15, 0.2) is 88.2 Å². The Balaban J connectivity index is 1.90. The average Bonchev–Trinajstić information content (AvgIpc) is 2.68. The average molecular weight is 462 g/mol. The summed E-state index contributed by atoms with van der Waals surface area (Å²) in [5.41, 5.74) is 1.40. The van der Waals surface area contributed by atoms with Crippen molar-refractivity contribution in [1.29, 1.82) is 0 Å². The SMILES string of the molecule is O=C(NS(=O)(=O)c1ccccc1Br)C(Cc1ccc(F)cc1)c1ccccc1. The lowest BCUT2D eigenvalue weighted by atomic mass is 9.91. The van der Waals surface area contributed by atoms with Crippen molar-refractivity contribution in [3.63, 3.8) is 0 Å². The number of halogens is 2. The van der Waals surface area contributed by atoms with Crippen LogP contribution in [0.5, 0.6) is 0 Å². The summed E-state index contributed by atoms with van der Waals surface area (Å²) in [5, 5.41) is 0. The fourth-order valence-corrected chi connectivity index (χ4v) is 4.85. The van der Waals surface area contributed by atoms with Gasteiger partial charge in [0.1, 0.15) is 10.7 Å². The van der Waals surface area contributed by atoms with E-state index in [1.54, 1.807) is 54.6 Å². The fraction of sp³-hybridized carbons (Fsp3) is 0.0952. The number of amides is 1. The summed E-state index contributed by atoms with van der Waals surface area (Å²) in [6.45, 7) is 0. The van der Waals surface area contributed by atoms with E-state index in [4.69, 9.17) is 0 Å². The van der Waals surface area contributed by atoms with Crippen LogP contribution in [0, 0.1) is 5.82 Å². The summed E-state index contributed by atoms with van der Waals surface area (Å²) in [4.78, 5) is 12.9. The third kappa shape index (κ3) is 4.85. The summed E-state index contributed by atoms with van der Waals surface area (Å²) in [5.74, 6) is -1.77. The summed E-state index contributed by atoms with van der Waals surface area (Å²) in [6, 6.07) is 21.0. The van der Waals surface area contributed by atoms with E-state index in [2.05, 4.69) is 20.7 Å². The zero-order valence-electron chi connectivity index (χ0n) is 14.7. The first-order valence-corrected chi connectivity index (χ1v) is 10.7. The van der Waals surface area contributed by atoms with Gasteiger partial charge in [0.2, 0.25) is 5.91 Å². The highest BCUT2D eigenvalue weighted by atomic mass is 79.9. The van der Waals surface area contributed by atoms with Crippen molar-refractivity contribution in [2.45, 2.75) is 17.2 Å². The van der Waals surface area contributed by atoms with E-state index in [1.165, 1.54) is 18.2 Å². The van der Waals surface area contributed by atoms with Crippen LogP contribution in [0.3, 0.4) is 0 Å². The highest BCUT2D eigenvalue weighted by Crippen LogP contribution is 2.25. The molecule has 1 atom stereocenters. The van der Waals surface area contributed by atoms with Crippen molar-refractivity contribution in [2.24, 2.45) is 0 Å². The Morgan fingerprint density at radius 3 is 2.18 bits per heavy atom. The van der Waals surface area contributed by atoms with Gasteiger partial charge in [0.25, 0.3) is 10.0 Å². The van der Waals surface area contributed by atoms with Gasteiger partial charge in [0.15, 0.2) is 0 Å². The molecule has 0 saturated heterocycles. The Hall–Kier alpha value is -2.51. The lowest BCUT2D eigenvalue weighted by Gasteiger charge is -2.18. The first-order chi connectivity index (χ1) is 13.4. The van der Waals surface area contributed by atoms with Crippen LogP contribution in [0.25, 0.3) is 0 Å². The van der Waals surface area contributed by atoms with Crippen molar-refractivity contribution < 1.29 is 17.6 Å². The van der Waals surface area contributed by atoms with Gasteiger partial charge < -0.3 is 0 Å². The van der Waals surface area contributed by atoms with Crippen LogP contribution in [0.1, 0.15) is 17.0 Å². The van der Waals surface area contributed by atoms with Crippen LogP contribution in [0.2, 0.25) is 0 Å². The van der Waals surface area contributed by atoms with E-state index < -0.39 is 21.8 Å². The number of hydrogen-bond donors (Lipinski definition) is 1. The molecule has 3 aromatic rings. The number of sulfonamides is 1. The predicted octanol–water partition coefficient (Wildman–Crippen LogP) is 4.42. The molecule has 1 amide bonds. The monoisotopic (exact) mass is 461 g/mol. The molecule has 7 heteroatoms. The van der Waals surface area contributed by atoms with Crippen molar-refractivity contribution in [3.05, 3.63) is 100 Å². The van der Waals surface area contributed by atoms with Gasteiger partial charge in [-0.2, -0.15) is 0 Å². The van der Waals surface area contributed by atoms with Crippen molar-refractivity contribution in [1.82, 2.24) is 4.72 Å². The van der Waals surface area contributed by atoms with Gasteiger partial charge in [-0.15, -0.1) is 0 Å². The highest BCUT2D eigenvalue weighted by Gasteiger charge is 2.27. The topological polar surface area (TPSA) is 63.2 Å². The normalized spacial score (nSPS) is 12.4. The number of rotatable bonds is 6. The molecule has 0 fully saturated rings. The fourth-order valence-electron chi connectivity index (χ4n) is 2.82. The second kappa shape index (κ2) is 8.67. The minimum Gasteiger partial charge on any atom is -0.273 e. The van der Waals surface area contributed by atoms with Crippen molar-refractivity contribution in [2.75, 3.05) is 0 Å². The molecule has 0 radical (unpaired) electrons. The molecule has 0 heterocycles. The van der Waals surface area contributed by atoms with Gasteiger partial charge in [-0.3, -0.25) is 4.79 Å². The maximum absolute atomic E-state index is 13.2. The minimum atomic E-state index is -4.05. The van der Waals surface area contributed by atoms with E-state index in [9.17, 15) is 17.6 Å². The molecule has 1 unspecified atom stereocenters. The zero-order valence-corrected chi connectivity index (χ0v) is 17.1. The van der Waals surface area contributed by atoms with Crippen LogP contribution in [0.4, 0.5) is 4.39 Å². The van der Waals surface area contributed by atoms with Gasteiger partial charge in [0.05, 0.1) is 5.92 Å². The van der Waals surface area contributed by atoms with Crippen LogP contribution in [-0.2, 0) is 21.2 Å². The molecule has 3 rings (SSSR count). The van der Waals surface area contributed by atoms with Gasteiger partial charge in [-0.1, -0.05) is 54.6 Å². The second-order valence-corrected chi connectivity index (χ2v) is 8.70. The molecule has 1 N–H and O–H groups in total. The van der Waals surface area contributed by atoms with Crippen LogP contribution < -0.4 is 4.72 Å². The zero-order chi connectivity index (χ0) is 20.1. The third-order valence-corrected chi connectivity index (χ3v) is 6.59. The van der Waals surface area contributed by atoms with E-state index in [0.29, 0.717) is 10.0 Å². The quantitative estimate of drug-likeness (QED) is 0.590. The molecule has 144 valence electrons. The summed E-state index contributed by atoms with van der Waals surface area (Å²) < 4.78 is 41.1. The largest absolute Gasteiger partial charge is 0.273 e. The molecule has 0 aromatic heterocycles. The molecule has 28 heavy (non-hydrogen) atoms. The van der Waals surface area contributed by atoms with Crippen LogP contribution >= 0.6 is 15.9 Å². The second-order valence-electron chi connectivity index (χ2n) is 6.19. The Bertz CT molecular complexity index is 1070. The summed E-state index contributed by atoms with van der Waals surface area (Å²) in [6.07, 6.45) is 0.238.